The Balaban J connectivity index is 2.32. The van der Waals surface area contributed by atoms with Crippen LogP contribution in [0.15, 0.2) is 0 Å². The molecule has 1 rings (SSSR count). The second-order valence-electron chi connectivity index (χ2n) is 8.68. The zero-order valence-corrected chi connectivity index (χ0v) is 16.5. The van der Waals surface area contributed by atoms with Crippen molar-refractivity contribution in [1.29, 1.82) is 0 Å². The van der Waals surface area contributed by atoms with Gasteiger partial charge in [-0.3, -0.25) is 4.79 Å². The van der Waals surface area contributed by atoms with Gasteiger partial charge in [-0.2, -0.15) is 0 Å². The summed E-state index contributed by atoms with van der Waals surface area (Å²) in [5.41, 5.74) is -0.291. The molecule has 1 aliphatic heterocycles. The first-order valence-corrected chi connectivity index (χ1v) is 9.49. The van der Waals surface area contributed by atoms with Crippen molar-refractivity contribution in [1.82, 2.24) is 0 Å². The molecule has 0 radical (unpaired) electrons. The molecule has 4 nitrogen and oxygen atoms in total. The number of carbonyl (C=O) groups excluding carboxylic acids is 1. The Bertz CT molecular complexity index is 372. The number of piperazine rings is 1. The van der Waals surface area contributed by atoms with Crippen LogP contribution in [0.3, 0.4) is 0 Å². The molecule has 0 aromatic rings. The molecular weight excluding hydrogens is 288 g/mol. The first kappa shape index (κ1) is 20.4. The van der Waals surface area contributed by atoms with E-state index in [-0.39, 0.29) is 11.4 Å². The molecule has 1 fully saturated rings. The summed E-state index contributed by atoms with van der Waals surface area (Å²) in [5, 5.41) is 0. The maximum Gasteiger partial charge on any atom is 0.311 e. The van der Waals surface area contributed by atoms with Crippen LogP contribution in [0.25, 0.3) is 0 Å². The van der Waals surface area contributed by atoms with E-state index in [1.54, 1.807) is 0 Å². The van der Waals surface area contributed by atoms with Gasteiger partial charge in [0, 0.05) is 6.42 Å². The van der Waals surface area contributed by atoms with Crippen molar-refractivity contribution in [3.05, 3.63) is 0 Å². The van der Waals surface area contributed by atoms with Crippen molar-refractivity contribution in [2.75, 3.05) is 60.5 Å². The number of hydrogen-bond acceptors (Lipinski definition) is 2. The monoisotopic (exact) mass is 328 g/mol. The Kier molecular flexibility index (Phi) is 7.53. The highest BCUT2D eigenvalue weighted by atomic mass is 16.5. The van der Waals surface area contributed by atoms with E-state index in [1.807, 2.05) is 0 Å². The van der Waals surface area contributed by atoms with Gasteiger partial charge in [-0.15, -0.1) is 0 Å². The smallest absolute Gasteiger partial charge is 0.311 e. The molecule has 1 unspecified atom stereocenters. The molecule has 23 heavy (non-hydrogen) atoms. The number of esters is 1. The first-order chi connectivity index (χ1) is 10.7. The highest BCUT2D eigenvalue weighted by Gasteiger charge is 2.35. The van der Waals surface area contributed by atoms with Crippen LogP contribution in [0.5, 0.6) is 0 Å². The van der Waals surface area contributed by atoms with Crippen molar-refractivity contribution in [2.24, 2.45) is 5.41 Å². The maximum atomic E-state index is 12.4. The van der Waals surface area contributed by atoms with Crippen molar-refractivity contribution >= 4 is 5.97 Å². The molecule has 0 aliphatic carbocycles. The molecule has 0 aromatic carbocycles. The van der Waals surface area contributed by atoms with E-state index in [2.05, 4.69) is 41.9 Å². The predicted octanol–water partition coefficient (Wildman–Crippen LogP) is 3.06. The van der Waals surface area contributed by atoms with Crippen LogP contribution >= 0.6 is 0 Å². The largest absolute Gasteiger partial charge is 0.465 e. The number of rotatable bonds is 9. The number of nitrogens with zero attached hydrogens (tertiary/aromatic N) is 2. The van der Waals surface area contributed by atoms with Crippen molar-refractivity contribution in [3.63, 3.8) is 0 Å². The van der Waals surface area contributed by atoms with E-state index in [4.69, 9.17) is 4.74 Å². The van der Waals surface area contributed by atoms with Gasteiger partial charge in [0.25, 0.3) is 0 Å². The Labute approximate surface area is 144 Å². The van der Waals surface area contributed by atoms with E-state index in [0.717, 1.165) is 47.6 Å². The van der Waals surface area contributed by atoms with Gasteiger partial charge in [-0.05, 0) is 19.8 Å². The van der Waals surface area contributed by atoms with Gasteiger partial charge in [0.05, 0.1) is 39.7 Å². The number of quaternary nitrogens is 2. The van der Waals surface area contributed by atoms with Gasteiger partial charge in [0.15, 0.2) is 0 Å². The highest BCUT2D eigenvalue weighted by molar-refractivity contribution is 5.76. The maximum absolute atomic E-state index is 12.4. The fourth-order valence-electron chi connectivity index (χ4n) is 3.25. The minimum Gasteiger partial charge on any atom is -0.465 e. The summed E-state index contributed by atoms with van der Waals surface area (Å²) in [7, 11) is 6.97. The summed E-state index contributed by atoms with van der Waals surface area (Å²) in [6, 6.07) is 0. The first-order valence-electron chi connectivity index (χ1n) is 9.49. The van der Waals surface area contributed by atoms with Gasteiger partial charge in [0.2, 0.25) is 0 Å². The molecule has 1 aliphatic rings. The lowest BCUT2D eigenvalue weighted by Crippen LogP contribution is -2.62. The van der Waals surface area contributed by atoms with Gasteiger partial charge in [-0.1, -0.05) is 26.7 Å². The van der Waals surface area contributed by atoms with Crippen molar-refractivity contribution in [2.45, 2.75) is 52.9 Å². The molecule has 4 heteroatoms. The van der Waals surface area contributed by atoms with Crippen LogP contribution in [0.1, 0.15) is 52.9 Å². The van der Waals surface area contributed by atoms with E-state index in [1.165, 1.54) is 26.2 Å². The number of unbranched alkanes of at least 4 members (excludes halogenated alkanes) is 1. The fourth-order valence-corrected chi connectivity index (χ4v) is 3.25. The molecule has 1 heterocycles. The van der Waals surface area contributed by atoms with E-state index < -0.39 is 0 Å². The summed E-state index contributed by atoms with van der Waals surface area (Å²) in [5.74, 6) is 0.00699. The quantitative estimate of drug-likeness (QED) is 0.369. The topological polar surface area (TPSA) is 26.3 Å². The van der Waals surface area contributed by atoms with Gasteiger partial charge < -0.3 is 13.7 Å². The van der Waals surface area contributed by atoms with Crippen LogP contribution in [-0.4, -0.2) is 75.4 Å². The standard InChI is InChI=1S/C19H40N2O2/c1-7-9-11-19(3,8-2)18(22)23-17-10-12-21(6)15-13-20(4,5)14-16-21/h7-17H2,1-6H3/q+2. The molecule has 0 aromatic heterocycles. The zero-order chi connectivity index (χ0) is 17.6. The summed E-state index contributed by atoms with van der Waals surface area (Å²) in [6.07, 6.45) is 5.02. The van der Waals surface area contributed by atoms with E-state index in [9.17, 15) is 4.79 Å². The second-order valence-corrected chi connectivity index (χ2v) is 8.68. The predicted molar refractivity (Wildman–Crippen MR) is 96.1 cm³/mol. The molecule has 0 saturated carbocycles. The number of carbonyl (C=O) groups is 1. The summed E-state index contributed by atoms with van der Waals surface area (Å²) in [6.45, 7) is 12.9. The van der Waals surface area contributed by atoms with Gasteiger partial charge in [-0.25, -0.2) is 0 Å². The average Bonchev–Trinajstić information content (AvgIpc) is 2.52. The van der Waals surface area contributed by atoms with Crippen LogP contribution < -0.4 is 0 Å². The Morgan fingerprint density at radius 2 is 1.65 bits per heavy atom. The molecular formula is C19H40N2O2+2. The molecule has 1 atom stereocenters. The zero-order valence-electron chi connectivity index (χ0n) is 16.5. The SMILES string of the molecule is CCCCC(C)(CC)C(=O)OCCC[N+]1(C)CC[N+](C)(C)CC1. The van der Waals surface area contributed by atoms with Crippen LogP contribution in [0.2, 0.25) is 0 Å². The Morgan fingerprint density at radius 1 is 1.04 bits per heavy atom. The third-order valence-electron chi connectivity index (χ3n) is 5.92. The second kappa shape index (κ2) is 8.48. The molecule has 0 bridgehead atoms. The Morgan fingerprint density at radius 3 is 2.17 bits per heavy atom. The summed E-state index contributed by atoms with van der Waals surface area (Å²) >= 11 is 0. The van der Waals surface area contributed by atoms with Crippen LogP contribution in [0.4, 0.5) is 0 Å². The van der Waals surface area contributed by atoms with Crippen molar-refractivity contribution in [3.8, 4) is 0 Å². The summed E-state index contributed by atoms with van der Waals surface area (Å²) < 4.78 is 7.88. The van der Waals surface area contributed by atoms with Gasteiger partial charge in [0.1, 0.15) is 26.2 Å². The lowest BCUT2D eigenvalue weighted by Gasteiger charge is -2.44. The third-order valence-corrected chi connectivity index (χ3v) is 5.92. The number of ether oxygens (including phenoxy) is 1. The molecule has 136 valence electrons. The van der Waals surface area contributed by atoms with Crippen LogP contribution in [0, 0.1) is 5.41 Å². The van der Waals surface area contributed by atoms with E-state index >= 15 is 0 Å². The lowest BCUT2D eigenvalue weighted by atomic mass is 9.82. The Hall–Kier alpha value is -0.610. The van der Waals surface area contributed by atoms with Gasteiger partial charge >= 0.3 is 5.97 Å². The molecule has 1 saturated heterocycles. The normalized spacial score (nSPS) is 22.3. The van der Waals surface area contributed by atoms with Crippen molar-refractivity contribution < 1.29 is 18.5 Å². The molecule has 0 N–H and O–H groups in total. The number of hydrogen-bond donors (Lipinski definition) is 0. The molecule has 0 amide bonds. The minimum atomic E-state index is -0.291. The highest BCUT2D eigenvalue weighted by Crippen LogP contribution is 2.29. The van der Waals surface area contributed by atoms with E-state index in [0.29, 0.717) is 6.61 Å². The summed E-state index contributed by atoms with van der Waals surface area (Å²) in [4.78, 5) is 12.4. The number of likely N-dealkylation sites (N-methyl/N-ethyl adjacent to an activating group) is 2. The third kappa shape index (κ3) is 6.42. The fraction of sp³-hybridized carbons (Fsp3) is 0.947. The van der Waals surface area contributed by atoms with Crippen LogP contribution in [-0.2, 0) is 9.53 Å². The average molecular weight is 329 g/mol. The molecule has 0 spiro atoms. The minimum absolute atomic E-state index is 0.00699. The lowest BCUT2D eigenvalue weighted by molar-refractivity contribution is -1.01.